The molecule has 7 heteroatoms. The molecule has 5 rings (SSSR count). The van der Waals surface area contributed by atoms with Crippen LogP contribution in [0.15, 0.2) is 52.4 Å². The number of thioether (sulfide) groups is 1. The number of ether oxygens (including phenoxy) is 2. The third kappa shape index (κ3) is 4.06. The molecule has 5 nitrogen and oxygen atoms in total. The van der Waals surface area contributed by atoms with Gasteiger partial charge in [0, 0.05) is 12.1 Å². The zero-order valence-corrected chi connectivity index (χ0v) is 18.8. The maximum atomic E-state index is 13.6. The van der Waals surface area contributed by atoms with E-state index in [-0.39, 0.29) is 18.7 Å². The van der Waals surface area contributed by atoms with Crippen molar-refractivity contribution in [3.8, 4) is 11.5 Å². The monoisotopic (exact) mass is 454 g/mol. The summed E-state index contributed by atoms with van der Waals surface area (Å²) < 4.78 is 10.9. The lowest BCUT2D eigenvalue weighted by molar-refractivity contribution is -0.124. The van der Waals surface area contributed by atoms with Crippen LogP contribution in [0, 0.1) is 5.92 Å². The Kier molecular flexibility index (Phi) is 5.67. The molecule has 31 heavy (non-hydrogen) atoms. The summed E-state index contributed by atoms with van der Waals surface area (Å²) in [4.78, 5) is 20.9. The molecule has 2 aromatic carbocycles. The van der Waals surface area contributed by atoms with Gasteiger partial charge in [-0.2, -0.15) is 0 Å². The lowest BCUT2D eigenvalue weighted by Gasteiger charge is -2.35. The van der Waals surface area contributed by atoms with Crippen molar-refractivity contribution >= 4 is 46.2 Å². The first kappa shape index (κ1) is 20.5. The topological polar surface area (TPSA) is 51.1 Å². The van der Waals surface area contributed by atoms with Gasteiger partial charge in [0.25, 0.3) is 5.91 Å². The van der Waals surface area contributed by atoms with Crippen LogP contribution in [0.1, 0.15) is 38.2 Å². The van der Waals surface area contributed by atoms with Crippen LogP contribution >= 0.6 is 23.4 Å². The largest absolute Gasteiger partial charge is 0.454 e. The van der Waals surface area contributed by atoms with Crippen LogP contribution in [0.25, 0.3) is 6.08 Å². The molecular weight excluding hydrogens is 432 g/mol. The highest BCUT2D eigenvalue weighted by Gasteiger charge is 2.41. The van der Waals surface area contributed by atoms with Crippen LogP contribution in [0.2, 0.25) is 5.02 Å². The molecule has 0 N–H and O–H groups in total. The number of para-hydroxylation sites is 1. The van der Waals surface area contributed by atoms with E-state index in [1.807, 2.05) is 47.4 Å². The lowest BCUT2D eigenvalue weighted by Crippen LogP contribution is -2.44. The minimum absolute atomic E-state index is 0.00725. The van der Waals surface area contributed by atoms with Crippen LogP contribution in [-0.4, -0.2) is 28.8 Å². The van der Waals surface area contributed by atoms with E-state index >= 15 is 0 Å². The van der Waals surface area contributed by atoms with Gasteiger partial charge in [-0.3, -0.25) is 9.69 Å². The maximum absolute atomic E-state index is 13.6. The Balaban J connectivity index is 1.53. The van der Waals surface area contributed by atoms with Gasteiger partial charge in [-0.25, -0.2) is 4.99 Å². The molecule has 1 amide bonds. The maximum Gasteiger partial charge on any atom is 0.267 e. The molecule has 3 aliphatic rings. The zero-order valence-electron chi connectivity index (χ0n) is 17.2. The number of hydrogen-bond acceptors (Lipinski definition) is 5. The van der Waals surface area contributed by atoms with Crippen molar-refractivity contribution in [2.45, 2.75) is 38.6 Å². The quantitative estimate of drug-likeness (QED) is 0.514. The minimum Gasteiger partial charge on any atom is -0.454 e. The summed E-state index contributed by atoms with van der Waals surface area (Å²) in [7, 11) is 0. The normalized spacial score (nSPS) is 25.6. The van der Waals surface area contributed by atoms with Gasteiger partial charge in [-0.15, -0.1) is 0 Å². The summed E-state index contributed by atoms with van der Waals surface area (Å²) in [5, 5.41) is 1.26. The van der Waals surface area contributed by atoms with Gasteiger partial charge in [-0.1, -0.05) is 49.6 Å². The van der Waals surface area contributed by atoms with Crippen LogP contribution < -0.4 is 9.47 Å². The molecule has 0 radical (unpaired) electrons. The van der Waals surface area contributed by atoms with Gasteiger partial charge in [0.2, 0.25) is 6.79 Å². The second-order valence-corrected chi connectivity index (χ2v) is 9.49. The molecular formula is C24H23ClN2O3S. The van der Waals surface area contributed by atoms with Gasteiger partial charge in [-0.05, 0) is 60.4 Å². The number of amides is 1. The summed E-state index contributed by atoms with van der Waals surface area (Å²) in [5.41, 5.74) is 1.58. The number of carbonyl (C=O) groups is 1. The molecule has 2 fully saturated rings. The van der Waals surface area contributed by atoms with E-state index in [4.69, 9.17) is 26.1 Å². The Morgan fingerprint density at radius 1 is 1.13 bits per heavy atom. The Labute approximate surface area is 191 Å². The highest BCUT2D eigenvalue weighted by molar-refractivity contribution is 8.18. The second-order valence-electron chi connectivity index (χ2n) is 8.07. The SMILES string of the molecule is C[C@H]1CCCC[C@@H]1N1C(=O)/C(=C/c2cc3c(cc2Cl)OCO3)SC1=Nc1ccccc1. The highest BCUT2D eigenvalue weighted by Crippen LogP contribution is 2.42. The summed E-state index contributed by atoms with van der Waals surface area (Å²) in [6.45, 7) is 2.42. The predicted octanol–water partition coefficient (Wildman–Crippen LogP) is 6.25. The number of nitrogens with zero attached hydrogens (tertiary/aromatic N) is 2. The number of carbonyl (C=O) groups excluding carboxylic acids is 1. The van der Waals surface area contributed by atoms with Gasteiger partial charge in [0.05, 0.1) is 15.6 Å². The summed E-state index contributed by atoms with van der Waals surface area (Å²) in [6.07, 6.45) is 6.32. The van der Waals surface area contributed by atoms with E-state index in [2.05, 4.69) is 6.92 Å². The van der Waals surface area contributed by atoms with Crippen LogP contribution in [0.5, 0.6) is 11.5 Å². The second kappa shape index (κ2) is 8.60. The van der Waals surface area contributed by atoms with E-state index in [1.54, 1.807) is 6.07 Å². The molecule has 1 saturated carbocycles. The van der Waals surface area contributed by atoms with Crippen molar-refractivity contribution in [3.63, 3.8) is 0 Å². The highest BCUT2D eigenvalue weighted by atomic mass is 35.5. The molecule has 2 aliphatic heterocycles. The van der Waals surface area contributed by atoms with E-state index in [0.717, 1.165) is 35.7 Å². The fourth-order valence-electron chi connectivity index (χ4n) is 4.34. The van der Waals surface area contributed by atoms with Gasteiger partial charge in [0.15, 0.2) is 16.7 Å². The fourth-order valence-corrected chi connectivity index (χ4v) is 5.58. The molecule has 160 valence electrons. The van der Waals surface area contributed by atoms with Gasteiger partial charge >= 0.3 is 0 Å². The average molecular weight is 455 g/mol. The van der Waals surface area contributed by atoms with Crippen molar-refractivity contribution in [2.75, 3.05) is 6.79 Å². The minimum atomic E-state index is -0.00725. The summed E-state index contributed by atoms with van der Waals surface area (Å²) in [6, 6.07) is 13.5. The Bertz CT molecular complexity index is 1070. The smallest absolute Gasteiger partial charge is 0.267 e. The molecule has 1 saturated heterocycles. The molecule has 1 aliphatic carbocycles. The summed E-state index contributed by atoms with van der Waals surface area (Å²) >= 11 is 7.87. The zero-order chi connectivity index (χ0) is 21.4. The number of aliphatic imine (C=N–C) groups is 1. The Morgan fingerprint density at radius 3 is 2.65 bits per heavy atom. The van der Waals surface area contributed by atoms with E-state index < -0.39 is 0 Å². The van der Waals surface area contributed by atoms with E-state index in [1.165, 1.54) is 18.2 Å². The Hall–Kier alpha value is -2.44. The van der Waals surface area contributed by atoms with Crippen molar-refractivity contribution in [2.24, 2.45) is 10.9 Å². The van der Waals surface area contributed by atoms with Crippen LogP contribution in [-0.2, 0) is 4.79 Å². The first-order valence-electron chi connectivity index (χ1n) is 10.6. The van der Waals surface area contributed by atoms with Crippen molar-refractivity contribution in [1.82, 2.24) is 4.90 Å². The molecule has 2 aromatic rings. The third-order valence-electron chi connectivity index (χ3n) is 5.99. The van der Waals surface area contributed by atoms with Crippen LogP contribution in [0.3, 0.4) is 0 Å². The number of benzene rings is 2. The third-order valence-corrected chi connectivity index (χ3v) is 7.30. The lowest BCUT2D eigenvalue weighted by atomic mass is 9.85. The van der Waals surface area contributed by atoms with Crippen molar-refractivity contribution in [3.05, 3.63) is 58.0 Å². The van der Waals surface area contributed by atoms with Crippen LogP contribution in [0.4, 0.5) is 5.69 Å². The standard InChI is InChI=1S/C24H23ClN2O3S/c1-15-7-5-6-10-19(15)27-23(28)22(31-24(27)26-17-8-3-2-4-9-17)12-16-11-20-21(13-18(16)25)30-14-29-20/h2-4,8-9,11-13,15,19H,5-7,10,14H2,1H3/b22-12-,26-24?/t15-,19-/m0/s1. The first-order chi connectivity index (χ1) is 15.1. The molecule has 2 heterocycles. The van der Waals surface area contributed by atoms with Gasteiger partial charge in [0.1, 0.15) is 0 Å². The number of fused-ring (bicyclic) bond motifs is 1. The number of rotatable bonds is 3. The number of hydrogen-bond donors (Lipinski definition) is 0. The average Bonchev–Trinajstić information content (AvgIpc) is 3.34. The Morgan fingerprint density at radius 2 is 1.87 bits per heavy atom. The number of amidine groups is 1. The van der Waals surface area contributed by atoms with Crippen molar-refractivity contribution < 1.29 is 14.3 Å². The predicted molar refractivity (Wildman–Crippen MR) is 125 cm³/mol. The van der Waals surface area contributed by atoms with E-state index in [9.17, 15) is 4.79 Å². The first-order valence-corrected chi connectivity index (χ1v) is 11.8. The summed E-state index contributed by atoms with van der Waals surface area (Å²) in [5.74, 6) is 1.70. The van der Waals surface area contributed by atoms with E-state index in [0.29, 0.717) is 27.3 Å². The fraction of sp³-hybridized carbons (Fsp3) is 0.333. The van der Waals surface area contributed by atoms with Gasteiger partial charge < -0.3 is 9.47 Å². The molecule has 0 bridgehead atoms. The number of halogens is 1. The molecule has 2 atom stereocenters. The molecule has 0 unspecified atom stereocenters. The van der Waals surface area contributed by atoms with Crippen molar-refractivity contribution in [1.29, 1.82) is 0 Å². The molecule has 0 aromatic heterocycles. The molecule has 0 spiro atoms.